The minimum Gasteiger partial charge on any atom is -0.383 e. The quantitative estimate of drug-likeness (QED) is 0.684. The van der Waals surface area contributed by atoms with Crippen LogP contribution >= 0.6 is 11.8 Å². The summed E-state index contributed by atoms with van der Waals surface area (Å²) in [5.74, 6) is 3.04. The Kier molecular flexibility index (Phi) is 3.72. The van der Waals surface area contributed by atoms with Crippen molar-refractivity contribution in [3.8, 4) is 0 Å². The molecule has 0 bridgehead atoms. The van der Waals surface area contributed by atoms with E-state index in [0.717, 1.165) is 12.2 Å². The minimum absolute atomic E-state index is 0.0825. The van der Waals surface area contributed by atoms with Gasteiger partial charge < -0.3 is 5.32 Å². The first-order chi connectivity index (χ1) is 9.75. The van der Waals surface area contributed by atoms with Crippen molar-refractivity contribution in [1.82, 2.24) is 10.3 Å². The van der Waals surface area contributed by atoms with E-state index in [1.807, 2.05) is 11.8 Å². The zero-order valence-electron chi connectivity index (χ0n) is 10.7. The van der Waals surface area contributed by atoms with Gasteiger partial charge in [0.1, 0.15) is 0 Å². The Morgan fingerprint density at radius 1 is 1.35 bits per heavy atom. The van der Waals surface area contributed by atoms with E-state index in [1.165, 1.54) is 30.4 Å². The lowest BCUT2D eigenvalue weighted by Gasteiger charge is -2.21. The number of non-ortho nitro benzene ring substituents is 1. The lowest BCUT2D eigenvalue weighted by atomic mass is 10.0. The smallest absolute Gasteiger partial charge is 0.300 e. The average Bonchev–Trinajstić information content (AvgIpc) is 2.95. The van der Waals surface area contributed by atoms with Crippen molar-refractivity contribution in [3.63, 3.8) is 0 Å². The van der Waals surface area contributed by atoms with Gasteiger partial charge in [0.05, 0.1) is 10.6 Å². The summed E-state index contributed by atoms with van der Waals surface area (Å²) in [6.45, 7) is 0.848. The van der Waals surface area contributed by atoms with Gasteiger partial charge in [0, 0.05) is 12.6 Å². The van der Waals surface area contributed by atoms with Gasteiger partial charge in [-0.2, -0.15) is 11.8 Å². The van der Waals surface area contributed by atoms with Crippen LogP contribution in [0.3, 0.4) is 0 Å². The Balaban J connectivity index is 1.79. The Morgan fingerprint density at radius 3 is 2.85 bits per heavy atom. The summed E-state index contributed by atoms with van der Waals surface area (Å²) in [4.78, 5) is 10.4. The fourth-order valence-corrected chi connectivity index (χ4v) is 3.55. The fraction of sp³-hybridized carbons (Fsp3) is 0.500. The van der Waals surface area contributed by atoms with E-state index < -0.39 is 4.92 Å². The van der Waals surface area contributed by atoms with Gasteiger partial charge in [-0.1, -0.05) is 0 Å². The molecule has 0 amide bonds. The van der Waals surface area contributed by atoms with Gasteiger partial charge >= 0.3 is 5.69 Å². The van der Waals surface area contributed by atoms with E-state index in [9.17, 15) is 10.1 Å². The zero-order valence-corrected chi connectivity index (χ0v) is 11.6. The van der Waals surface area contributed by atoms with Crippen molar-refractivity contribution in [2.45, 2.75) is 12.8 Å². The van der Waals surface area contributed by atoms with Crippen LogP contribution in [-0.2, 0) is 0 Å². The maximum atomic E-state index is 10.9. The van der Waals surface area contributed by atoms with Gasteiger partial charge in [-0.3, -0.25) is 10.1 Å². The summed E-state index contributed by atoms with van der Waals surface area (Å²) < 4.78 is 4.64. The van der Waals surface area contributed by atoms with Crippen molar-refractivity contribution in [3.05, 3.63) is 22.2 Å². The maximum Gasteiger partial charge on any atom is 0.300 e. The van der Waals surface area contributed by atoms with Crippen LogP contribution in [0.5, 0.6) is 0 Å². The first kappa shape index (κ1) is 13.2. The molecule has 2 aromatic rings. The number of nitrogens with one attached hydrogen (secondary N) is 1. The molecule has 0 radical (unpaired) electrons. The van der Waals surface area contributed by atoms with Crippen molar-refractivity contribution in [2.24, 2.45) is 5.92 Å². The first-order valence-electron chi connectivity index (χ1n) is 6.47. The average molecular weight is 294 g/mol. The topological polar surface area (TPSA) is 94.1 Å². The van der Waals surface area contributed by atoms with E-state index in [4.69, 9.17) is 0 Å². The summed E-state index contributed by atoms with van der Waals surface area (Å²) in [5.41, 5.74) is 1.27. The highest BCUT2D eigenvalue weighted by molar-refractivity contribution is 7.99. The molecule has 7 nitrogen and oxygen atoms in total. The monoisotopic (exact) mass is 294 g/mol. The normalized spacial score (nSPS) is 16.4. The molecule has 1 aliphatic heterocycles. The van der Waals surface area contributed by atoms with Crippen LogP contribution in [0, 0.1) is 16.0 Å². The number of fused-ring (bicyclic) bond motifs is 1. The van der Waals surface area contributed by atoms with E-state index in [1.54, 1.807) is 6.07 Å². The molecule has 0 spiro atoms. The SMILES string of the molecule is O=[N+]([O-])c1ccc(NCC2CCSCC2)c2nonc12. The minimum atomic E-state index is -0.478. The molecule has 0 unspecified atom stereocenters. The van der Waals surface area contributed by atoms with Crippen molar-refractivity contribution in [2.75, 3.05) is 23.4 Å². The molecule has 3 rings (SSSR count). The molecule has 1 aromatic carbocycles. The Hall–Kier alpha value is -1.83. The summed E-state index contributed by atoms with van der Waals surface area (Å²) in [5, 5.41) is 21.6. The predicted octanol–water partition coefficient (Wildman–Crippen LogP) is 2.69. The van der Waals surface area contributed by atoms with Crippen LogP contribution < -0.4 is 5.32 Å². The van der Waals surface area contributed by atoms with Gasteiger partial charge in [-0.05, 0) is 46.6 Å². The van der Waals surface area contributed by atoms with E-state index in [0.29, 0.717) is 11.4 Å². The van der Waals surface area contributed by atoms with Crippen LogP contribution in [0.4, 0.5) is 11.4 Å². The lowest BCUT2D eigenvalue weighted by molar-refractivity contribution is -0.383. The number of hydrogen-bond donors (Lipinski definition) is 1. The number of hydrogen-bond acceptors (Lipinski definition) is 7. The van der Waals surface area contributed by atoms with Gasteiger partial charge in [-0.15, -0.1) is 0 Å². The summed E-state index contributed by atoms with van der Waals surface area (Å²) in [6.07, 6.45) is 2.40. The van der Waals surface area contributed by atoms with Crippen LogP contribution in [0.15, 0.2) is 16.8 Å². The van der Waals surface area contributed by atoms with Crippen LogP contribution in [0.25, 0.3) is 11.0 Å². The summed E-state index contributed by atoms with van der Waals surface area (Å²) >= 11 is 1.99. The lowest BCUT2D eigenvalue weighted by Crippen LogP contribution is -2.19. The van der Waals surface area contributed by atoms with E-state index in [2.05, 4.69) is 20.3 Å². The summed E-state index contributed by atoms with van der Waals surface area (Å²) in [6, 6.07) is 3.10. The Morgan fingerprint density at radius 2 is 2.10 bits per heavy atom. The highest BCUT2D eigenvalue weighted by Crippen LogP contribution is 2.29. The summed E-state index contributed by atoms with van der Waals surface area (Å²) in [7, 11) is 0. The molecule has 1 fully saturated rings. The molecule has 8 heteroatoms. The zero-order chi connectivity index (χ0) is 13.9. The molecule has 20 heavy (non-hydrogen) atoms. The molecule has 2 heterocycles. The third kappa shape index (κ3) is 2.55. The molecule has 1 saturated heterocycles. The Bertz CT molecular complexity index is 624. The van der Waals surface area contributed by atoms with Gasteiger partial charge in [0.25, 0.3) is 0 Å². The second kappa shape index (κ2) is 5.66. The van der Waals surface area contributed by atoms with Crippen molar-refractivity contribution in [1.29, 1.82) is 0 Å². The number of nitro benzene ring substituents is 1. The first-order valence-corrected chi connectivity index (χ1v) is 7.62. The second-order valence-corrected chi connectivity index (χ2v) is 6.01. The molecule has 0 atom stereocenters. The second-order valence-electron chi connectivity index (χ2n) is 4.79. The number of aromatic nitrogens is 2. The number of rotatable bonds is 4. The molecule has 106 valence electrons. The molecule has 1 aliphatic rings. The number of nitro groups is 1. The van der Waals surface area contributed by atoms with Gasteiger partial charge in [0.2, 0.25) is 5.52 Å². The van der Waals surface area contributed by atoms with Gasteiger partial charge in [-0.25, -0.2) is 4.63 Å². The van der Waals surface area contributed by atoms with E-state index >= 15 is 0 Å². The molecule has 1 aromatic heterocycles. The third-order valence-corrected chi connectivity index (χ3v) is 4.56. The van der Waals surface area contributed by atoms with Gasteiger partial charge in [0.15, 0.2) is 5.52 Å². The van der Waals surface area contributed by atoms with Crippen molar-refractivity contribution < 1.29 is 9.55 Å². The number of anilines is 1. The highest BCUT2D eigenvalue weighted by atomic mass is 32.2. The molecule has 0 aliphatic carbocycles. The molecule has 0 saturated carbocycles. The third-order valence-electron chi connectivity index (χ3n) is 3.51. The van der Waals surface area contributed by atoms with Crippen LogP contribution in [-0.4, -0.2) is 33.3 Å². The Labute approximate surface area is 119 Å². The highest BCUT2D eigenvalue weighted by Gasteiger charge is 2.20. The maximum absolute atomic E-state index is 10.9. The van der Waals surface area contributed by atoms with E-state index in [-0.39, 0.29) is 11.2 Å². The number of thioether (sulfide) groups is 1. The largest absolute Gasteiger partial charge is 0.383 e. The standard InChI is InChI=1S/C12H14N4O3S/c17-16(18)10-2-1-9(11-12(10)15-19-14-11)13-7-8-3-5-20-6-4-8/h1-2,8,13H,3-7H2. The molecular formula is C12H14N4O3S. The fourth-order valence-electron chi connectivity index (χ4n) is 2.35. The predicted molar refractivity (Wildman–Crippen MR) is 77.0 cm³/mol. The van der Waals surface area contributed by atoms with Crippen LogP contribution in [0.1, 0.15) is 12.8 Å². The number of benzene rings is 1. The van der Waals surface area contributed by atoms with Crippen LogP contribution in [0.2, 0.25) is 0 Å². The molecular weight excluding hydrogens is 280 g/mol. The number of nitrogens with zero attached hydrogens (tertiary/aromatic N) is 3. The van der Waals surface area contributed by atoms with Crippen molar-refractivity contribution >= 4 is 34.2 Å². The molecule has 1 N–H and O–H groups in total.